The number of anilines is 1. The van der Waals surface area contributed by atoms with Crippen molar-refractivity contribution in [2.75, 3.05) is 5.32 Å². The molecule has 0 aromatic carbocycles. The highest BCUT2D eigenvalue weighted by Gasteiger charge is 2.17. The molecule has 3 nitrogen and oxygen atoms in total. The third kappa shape index (κ3) is 3.70. The number of amides is 1. The fraction of sp³-hybridized carbons (Fsp3) is 0.571. The number of hydrogen-bond acceptors (Lipinski definition) is 2. The highest BCUT2D eigenvalue weighted by atomic mass is 35.5. The van der Waals surface area contributed by atoms with Gasteiger partial charge in [0.2, 0.25) is 5.91 Å². The first-order chi connectivity index (χ1) is 8.65. The summed E-state index contributed by atoms with van der Waals surface area (Å²) in [5, 5.41) is 3.38. The molecule has 98 valence electrons. The summed E-state index contributed by atoms with van der Waals surface area (Å²) in [5.74, 6) is 0.644. The second kappa shape index (κ2) is 6.19. The van der Waals surface area contributed by atoms with Gasteiger partial charge in [0, 0.05) is 6.42 Å². The minimum atomic E-state index is 0.0884. The maximum atomic E-state index is 11.9. The van der Waals surface area contributed by atoms with Crippen molar-refractivity contribution < 1.29 is 4.79 Å². The predicted octanol–water partition coefficient (Wildman–Crippen LogP) is 3.95. The summed E-state index contributed by atoms with van der Waals surface area (Å²) >= 11 is 5.85. The van der Waals surface area contributed by atoms with Crippen LogP contribution in [0.15, 0.2) is 12.3 Å². The number of carbonyl (C=O) groups is 1. The molecule has 0 unspecified atom stereocenters. The van der Waals surface area contributed by atoms with Gasteiger partial charge in [0.25, 0.3) is 0 Å². The van der Waals surface area contributed by atoms with Crippen LogP contribution >= 0.6 is 11.6 Å². The van der Waals surface area contributed by atoms with Gasteiger partial charge in [-0.1, -0.05) is 30.9 Å². The Hall–Kier alpha value is -1.09. The van der Waals surface area contributed by atoms with Crippen LogP contribution in [0.25, 0.3) is 0 Å². The molecule has 2 rings (SSSR count). The molecule has 0 spiro atoms. The monoisotopic (exact) mass is 266 g/mol. The van der Waals surface area contributed by atoms with Crippen molar-refractivity contribution in [3.8, 4) is 0 Å². The van der Waals surface area contributed by atoms with Crippen LogP contribution in [0.3, 0.4) is 0 Å². The highest BCUT2D eigenvalue weighted by Crippen LogP contribution is 2.26. The van der Waals surface area contributed by atoms with Crippen molar-refractivity contribution in [3.05, 3.63) is 23.0 Å². The van der Waals surface area contributed by atoms with E-state index in [-0.39, 0.29) is 5.91 Å². The fourth-order valence-electron chi connectivity index (χ4n) is 2.49. The second-order valence-corrected chi connectivity index (χ2v) is 5.45. The zero-order valence-electron chi connectivity index (χ0n) is 10.7. The van der Waals surface area contributed by atoms with Gasteiger partial charge in [-0.25, -0.2) is 4.98 Å². The van der Waals surface area contributed by atoms with Crippen molar-refractivity contribution in [3.63, 3.8) is 0 Å². The van der Waals surface area contributed by atoms with Gasteiger partial charge >= 0.3 is 0 Å². The van der Waals surface area contributed by atoms with E-state index in [0.717, 1.165) is 11.3 Å². The van der Waals surface area contributed by atoms with Gasteiger partial charge in [-0.3, -0.25) is 4.79 Å². The minimum Gasteiger partial charge on any atom is -0.325 e. The number of hydrogen-bond donors (Lipinski definition) is 1. The Labute approximate surface area is 113 Å². The Kier molecular flexibility index (Phi) is 4.59. The molecule has 0 radical (unpaired) electrons. The van der Waals surface area contributed by atoms with E-state index < -0.39 is 0 Å². The van der Waals surface area contributed by atoms with Crippen LogP contribution in [0.2, 0.25) is 5.15 Å². The van der Waals surface area contributed by atoms with Gasteiger partial charge < -0.3 is 5.32 Å². The van der Waals surface area contributed by atoms with Crippen molar-refractivity contribution >= 4 is 23.2 Å². The molecular formula is C14H19ClN2O. The lowest BCUT2D eigenvalue weighted by Crippen LogP contribution is -2.18. The summed E-state index contributed by atoms with van der Waals surface area (Å²) in [5.41, 5.74) is 1.62. The van der Waals surface area contributed by atoms with Crippen LogP contribution in [0.5, 0.6) is 0 Å². The molecule has 0 bridgehead atoms. The molecule has 1 N–H and O–H groups in total. The van der Waals surface area contributed by atoms with Gasteiger partial charge in [-0.05, 0) is 37.3 Å². The quantitative estimate of drug-likeness (QED) is 0.842. The maximum Gasteiger partial charge on any atom is 0.224 e. The number of pyridine rings is 1. The Balaban J connectivity index is 1.88. The standard InChI is InChI=1S/C14H19ClN2O/c1-10-7-12(9-16-14(10)15)17-13(18)8-11-5-3-2-4-6-11/h7,9,11H,2-6,8H2,1H3,(H,17,18). The predicted molar refractivity (Wildman–Crippen MR) is 73.8 cm³/mol. The van der Waals surface area contributed by atoms with Gasteiger partial charge in [0.1, 0.15) is 5.15 Å². The molecule has 1 aromatic rings. The summed E-state index contributed by atoms with van der Waals surface area (Å²) in [6.45, 7) is 1.88. The molecule has 1 heterocycles. The van der Waals surface area contributed by atoms with E-state index in [9.17, 15) is 4.79 Å². The van der Waals surface area contributed by atoms with Crippen LogP contribution in [0.4, 0.5) is 5.69 Å². The van der Waals surface area contributed by atoms with E-state index in [2.05, 4.69) is 10.3 Å². The van der Waals surface area contributed by atoms with E-state index in [1.54, 1.807) is 6.20 Å². The van der Waals surface area contributed by atoms with Gasteiger partial charge in [0.15, 0.2) is 0 Å². The molecule has 1 aliphatic rings. The first-order valence-electron chi connectivity index (χ1n) is 6.57. The fourth-order valence-corrected chi connectivity index (χ4v) is 2.60. The van der Waals surface area contributed by atoms with Gasteiger partial charge in [0.05, 0.1) is 11.9 Å². The minimum absolute atomic E-state index is 0.0884. The Bertz CT molecular complexity index is 428. The molecule has 1 fully saturated rings. The summed E-state index contributed by atoms with van der Waals surface area (Å²) in [6.07, 6.45) is 8.45. The van der Waals surface area contributed by atoms with Gasteiger partial charge in [-0.2, -0.15) is 0 Å². The lowest BCUT2D eigenvalue weighted by Gasteiger charge is -2.20. The van der Waals surface area contributed by atoms with Crippen molar-refractivity contribution in [2.45, 2.75) is 45.4 Å². The summed E-state index contributed by atoms with van der Waals surface area (Å²) < 4.78 is 0. The van der Waals surface area contributed by atoms with Crippen molar-refractivity contribution in [1.29, 1.82) is 0 Å². The molecule has 18 heavy (non-hydrogen) atoms. The summed E-state index contributed by atoms with van der Waals surface area (Å²) in [7, 11) is 0. The SMILES string of the molecule is Cc1cc(NC(=O)CC2CCCCC2)cnc1Cl. The van der Waals surface area contributed by atoms with Crippen LogP contribution in [0, 0.1) is 12.8 Å². The third-order valence-corrected chi connectivity index (χ3v) is 3.89. The average molecular weight is 267 g/mol. The van der Waals surface area contributed by atoms with Crippen molar-refractivity contribution in [1.82, 2.24) is 4.98 Å². The van der Waals surface area contributed by atoms with Crippen LogP contribution in [0.1, 0.15) is 44.1 Å². The molecule has 0 atom stereocenters. The number of carbonyl (C=O) groups excluding carboxylic acids is 1. The smallest absolute Gasteiger partial charge is 0.224 e. The molecule has 1 saturated carbocycles. The third-order valence-electron chi connectivity index (χ3n) is 3.50. The molecule has 0 saturated heterocycles. The summed E-state index contributed by atoms with van der Waals surface area (Å²) in [4.78, 5) is 15.9. The first-order valence-corrected chi connectivity index (χ1v) is 6.95. The molecule has 1 aromatic heterocycles. The zero-order chi connectivity index (χ0) is 13.0. The van der Waals surface area contributed by atoms with E-state index in [0.29, 0.717) is 17.5 Å². The lowest BCUT2D eigenvalue weighted by atomic mass is 9.87. The Morgan fingerprint density at radius 1 is 1.44 bits per heavy atom. The van der Waals surface area contributed by atoms with Crippen LogP contribution < -0.4 is 5.32 Å². The highest BCUT2D eigenvalue weighted by molar-refractivity contribution is 6.30. The maximum absolute atomic E-state index is 11.9. The number of aryl methyl sites for hydroxylation is 1. The normalized spacial score (nSPS) is 16.6. The van der Waals surface area contributed by atoms with E-state index in [1.165, 1.54) is 32.1 Å². The molecule has 1 aliphatic carbocycles. The molecule has 0 aliphatic heterocycles. The van der Waals surface area contributed by atoms with Crippen molar-refractivity contribution in [2.24, 2.45) is 5.92 Å². The van der Waals surface area contributed by atoms with Crippen LogP contribution in [-0.2, 0) is 4.79 Å². The topological polar surface area (TPSA) is 42.0 Å². The number of nitrogens with zero attached hydrogens (tertiary/aromatic N) is 1. The molecular weight excluding hydrogens is 248 g/mol. The molecule has 4 heteroatoms. The first kappa shape index (κ1) is 13.3. The Morgan fingerprint density at radius 3 is 2.83 bits per heavy atom. The average Bonchev–Trinajstić information content (AvgIpc) is 2.35. The van der Waals surface area contributed by atoms with Crippen LogP contribution in [-0.4, -0.2) is 10.9 Å². The number of rotatable bonds is 3. The number of nitrogens with one attached hydrogen (secondary N) is 1. The van der Waals surface area contributed by atoms with Gasteiger partial charge in [-0.15, -0.1) is 0 Å². The lowest BCUT2D eigenvalue weighted by molar-refractivity contribution is -0.117. The van der Waals surface area contributed by atoms with E-state index in [4.69, 9.17) is 11.6 Å². The van der Waals surface area contributed by atoms with E-state index >= 15 is 0 Å². The number of aromatic nitrogens is 1. The molecule has 1 amide bonds. The zero-order valence-corrected chi connectivity index (χ0v) is 11.5. The number of halogens is 1. The largest absolute Gasteiger partial charge is 0.325 e. The summed E-state index contributed by atoms with van der Waals surface area (Å²) in [6, 6.07) is 1.86. The Morgan fingerprint density at radius 2 is 2.17 bits per heavy atom. The second-order valence-electron chi connectivity index (χ2n) is 5.09. The van der Waals surface area contributed by atoms with E-state index in [1.807, 2.05) is 13.0 Å².